The van der Waals surface area contributed by atoms with Crippen LogP contribution in [0.1, 0.15) is 42.3 Å². The molecular formula is C19H24N2O2S. The van der Waals surface area contributed by atoms with Crippen LogP contribution in [0.25, 0.3) is 0 Å². The first-order valence-corrected chi connectivity index (χ1v) is 10.2. The van der Waals surface area contributed by atoms with E-state index in [0.29, 0.717) is 12.5 Å². The summed E-state index contributed by atoms with van der Waals surface area (Å²) in [5, 5.41) is 3.39. The van der Waals surface area contributed by atoms with Gasteiger partial charge in [0.25, 0.3) is 0 Å². The smallest absolute Gasteiger partial charge is 0.156 e. The predicted octanol–water partition coefficient (Wildman–Crippen LogP) is 3.04. The number of benzene rings is 1. The zero-order valence-corrected chi connectivity index (χ0v) is 15.0. The maximum Gasteiger partial charge on any atom is 0.156 e. The minimum absolute atomic E-state index is 0.146. The molecule has 0 saturated carbocycles. The Morgan fingerprint density at radius 1 is 1.21 bits per heavy atom. The monoisotopic (exact) mass is 344 g/mol. The van der Waals surface area contributed by atoms with E-state index in [4.69, 9.17) is 0 Å². The molecule has 0 spiro atoms. The van der Waals surface area contributed by atoms with Crippen molar-refractivity contribution in [3.8, 4) is 0 Å². The fourth-order valence-corrected chi connectivity index (χ4v) is 4.81. The largest absolute Gasteiger partial charge is 0.305 e. The van der Waals surface area contributed by atoms with E-state index in [0.717, 1.165) is 28.8 Å². The lowest BCUT2D eigenvalue weighted by molar-refractivity contribution is 0.535. The third kappa shape index (κ3) is 4.22. The van der Waals surface area contributed by atoms with Gasteiger partial charge in [-0.05, 0) is 35.1 Å². The molecule has 1 N–H and O–H groups in total. The molecule has 1 aliphatic heterocycles. The summed E-state index contributed by atoms with van der Waals surface area (Å²) >= 11 is 0. The van der Waals surface area contributed by atoms with Crippen LogP contribution in [-0.4, -0.2) is 19.2 Å². The number of fused-ring (bicyclic) bond motifs is 1. The van der Waals surface area contributed by atoms with E-state index < -0.39 is 9.84 Å². The maximum absolute atomic E-state index is 12.1. The molecule has 24 heavy (non-hydrogen) atoms. The van der Waals surface area contributed by atoms with Crippen molar-refractivity contribution in [1.29, 1.82) is 0 Å². The molecule has 1 aliphatic rings. The van der Waals surface area contributed by atoms with Gasteiger partial charge in [0.1, 0.15) is 0 Å². The molecule has 128 valence electrons. The Morgan fingerprint density at radius 2 is 2.00 bits per heavy atom. The lowest BCUT2D eigenvalue weighted by Crippen LogP contribution is -2.33. The van der Waals surface area contributed by atoms with Gasteiger partial charge < -0.3 is 5.32 Å². The van der Waals surface area contributed by atoms with Crippen molar-refractivity contribution in [2.45, 2.75) is 38.6 Å². The fraction of sp³-hybridized carbons (Fsp3) is 0.421. The SMILES string of the molecule is CC(C)Cc1ccc(CNC2CS(=O)(=O)Cc3ccccc32)cn1. The first kappa shape index (κ1) is 17.1. The van der Waals surface area contributed by atoms with Crippen LogP contribution >= 0.6 is 0 Å². The summed E-state index contributed by atoms with van der Waals surface area (Å²) < 4.78 is 24.3. The molecule has 0 fully saturated rings. The van der Waals surface area contributed by atoms with Crippen LogP contribution in [0.4, 0.5) is 0 Å². The van der Waals surface area contributed by atoms with Crippen molar-refractivity contribution in [3.63, 3.8) is 0 Å². The highest BCUT2D eigenvalue weighted by atomic mass is 32.2. The third-order valence-electron chi connectivity index (χ3n) is 4.28. The Morgan fingerprint density at radius 3 is 2.71 bits per heavy atom. The first-order chi connectivity index (χ1) is 11.4. The molecule has 1 atom stereocenters. The minimum Gasteiger partial charge on any atom is -0.305 e. The summed E-state index contributed by atoms with van der Waals surface area (Å²) in [5.41, 5.74) is 4.17. The zero-order chi connectivity index (χ0) is 17.2. The number of aromatic nitrogens is 1. The second-order valence-corrected chi connectivity index (χ2v) is 9.05. The van der Waals surface area contributed by atoms with Crippen molar-refractivity contribution >= 4 is 9.84 Å². The highest BCUT2D eigenvalue weighted by molar-refractivity contribution is 7.90. The van der Waals surface area contributed by atoms with E-state index in [-0.39, 0.29) is 17.5 Å². The number of nitrogens with zero attached hydrogens (tertiary/aromatic N) is 1. The summed E-state index contributed by atoms with van der Waals surface area (Å²) in [6.07, 6.45) is 2.86. The standard InChI is InChI=1S/C19H24N2O2S/c1-14(2)9-17-8-7-15(10-20-17)11-21-19-13-24(22,23)12-16-5-3-4-6-18(16)19/h3-8,10,14,19,21H,9,11-13H2,1-2H3. The number of hydrogen-bond acceptors (Lipinski definition) is 4. The highest BCUT2D eigenvalue weighted by Crippen LogP contribution is 2.28. The average Bonchev–Trinajstić information content (AvgIpc) is 2.52. The average molecular weight is 344 g/mol. The number of hydrogen-bond donors (Lipinski definition) is 1. The normalized spacial score (nSPS) is 19.2. The molecule has 4 nitrogen and oxygen atoms in total. The van der Waals surface area contributed by atoms with E-state index in [1.165, 1.54) is 0 Å². The molecular weight excluding hydrogens is 320 g/mol. The molecule has 1 aromatic heterocycles. The Labute approximate surface area is 144 Å². The molecule has 5 heteroatoms. The van der Waals surface area contributed by atoms with Gasteiger partial charge in [0.2, 0.25) is 0 Å². The summed E-state index contributed by atoms with van der Waals surface area (Å²) in [7, 11) is -3.05. The van der Waals surface area contributed by atoms with E-state index >= 15 is 0 Å². The molecule has 3 rings (SSSR count). The van der Waals surface area contributed by atoms with Crippen LogP contribution in [0, 0.1) is 5.92 Å². The van der Waals surface area contributed by atoms with Gasteiger partial charge in [-0.25, -0.2) is 8.42 Å². The minimum atomic E-state index is -3.05. The second kappa shape index (κ2) is 7.03. The van der Waals surface area contributed by atoms with E-state index in [9.17, 15) is 8.42 Å². The van der Waals surface area contributed by atoms with Gasteiger partial charge in [-0.3, -0.25) is 4.98 Å². The van der Waals surface area contributed by atoms with E-state index in [2.05, 4.69) is 36.3 Å². The molecule has 0 bridgehead atoms. The number of rotatable bonds is 5. The van der Waals surface area contributed by atoms with Crippen LogP contribution in [0.3, 0.4) is 0 Å². The van der Waals surface area contributed by atoms with Crippen LogP contribution in [0.15, 0.2) is 42.6 Å². The molecule has 0 radical (unpaired) electrons. The van der Waals surface area contributed by atoms with Crippen LogP contribution < -0.4 is 5.32 Å². The predicted molar refractivity (Wildman–Crippen MR) is 96.3 cm³/mol. The van der Waals surface area contributed by atoms with Gasteiger partial charge in [-0.15, -0.1) is 0 Å². The van der Waals surface area contributed by atoms with Gasteiger partial charge in [0.05, 0.1) is 11.5 Å². The van der Waals surface area contributed by atoms with Crippen LogP contribution in [0.5, 0.6) is 0 Å². The second-order valence-electron chi connectivity index (χ2n) is 6.94. The number of pyridine rings is 1. The lowest BCUT2D eigenvalue weighted by atomic mass is 10.0. The van der Waals surface area contributed by atoms with Gasteiger partial charge >= 0.3 is 0 Å². The Kier molecular flexibility index (Phi) is 5.01. The molecule has 0 saturated heterocycles. The molecule has 0 amide bonds. The van der Waals surface area contributed by atoms with Crippen molar-refractivity contribution in [2.24, 2.45) is 5.92 Å². The van der Waals surface area contributed by atoms with Gasteiger partial charge in [0.15, 0.2) is 9.84 Å². The Hall–Kier alpha value is -1.72. The van der Waals surface area contributed by atoms with Gasteiger partial charge in [-0.1, -0.05) is 44.2 Å². The zero-order valence-electron chi connectivity index (χ0n) is 14.2. The molecule has 0 aliphatic carbocycles. The summed E-state index contributed by atoms with van der Waals surface area (Å²) in [5.74, 6) is 0.890. The van der Waals surface area contributed by atoms with Crippen molar-refractivity contribution in [2.75, 3.05) is 5.75 Å². The van der Waals surface area contributed by atoms with Crippen LogP contribution in [0.2, 0.25) is 0 Å². The maximum atomic E-state index is 12.1. The highest BCUT2D eigenvalue weighted by Gasteiger charge is 2.29. The molecule has 1 unspecified atom stereocenters. The van der Waals surface area contributed by atoms with Crippen molar-refractivity contribution < 1.29 is 8.42 Å². The number of nitrogens with one attached hydrogen (secondary N) is 1. The van der Waals surface area contributed by atoms with E-state index in [1.807, 2.05) is 30.5 Å². The summed E-state index contributed by atoms with van der Waals surface area (Å²) in [4.78, 5) is 4.50. The third-order valence-corrected chi connectivity index (χ3v) is 5.87. The molecule has 2 heterocycles. The first-order valence-electron chi connectivity index (χ1n) is 8.38. The molecule has 2 aromatic rings. The van der Waals surface area contributed by atoms with Crippen LogP contribution in [-0.2, 0) is 28.6 Å². The lowest BCUT2D eigenvalue weighted by Gasteiger charge is -2.26. The van der Waals surface area contributed by atoms with E-state index in [1.54, 1.807) is 0 Å². The number of sulfone groups is 1. The van der Waals surface area contributed by atoms with Gasteiger partial charge in [0, 0.05) is 24.5 Å². The Balaban J connectivity index is 1.70. The summed E-state index contributed by atoms with van der Waals surface area (Å²) in [6.45, 7) is 4.97. The van der Waals surface area contributed by atoms with Gasteiger partial charge in [-0.2, -0.15) is 0 Å². The quantitative estimate of drug-likeness (QED) is 0.906. The molecule has 1 aromatic carbocycles. The Bertz CT molecular complexity index is 798. The van der Waals surface area contributed by atoms with Crippen molar-refractivity contribution in [1.82, 2.24) is 10.3 Å². The summed E-state index contributed by atoms with van der Waals surface area (Å²) in [6, 6.07) is 11.8. The fourth-order valence-electron chi connectivity index (χ4n) is 3.15. The van der Waals surface area contributed by atoms with Crippen molar-refractivity contribution in [3.05, 3.63) is 65.0 Å². The topological polar surface area (TPSA) is 59.1 Å².